The normalized spacial score (nSPS) is 11.5. The van der Waals surface area contributed by atoms with Crippen molar-refractivity contribution in [3.63, 3.8) is 0 Å². The van der Waals surface area contributed by atoms with Crippen LogP contribution in [-0.2, 0) is 11.2 Å². The lowest BCUT2D eigenvalue weighted by molar-refractivity contribution is 0.00694. The van der Waals surface area contributed by atoms with Crippen molar-refractivity contribution in [2.45, 2.75) is 39.7 Å². The van der Waals surface area contributed by atoms with E-state index in [9.17, 15) is 4.79 Å². The molecule has 0 amide bonds. The van der Waals surface area contributed by atoms with Crippen LogP contribution in [0.25, 0.3) is 17.0 Å². The lowest BCUT2D eigenvalue weighted by Crippen LogP contribution is -2.24. The number of carbonyl (C=O) groups is 1. The first-order valence-corrected chi connectivity index (χ1v) is 10.2. The average molecular weight is 415 g/mol. The topological polar surface area (TPSA) is 70.2 Å². The van der Waals surface area contributed by atoms with Gasteiger partial charge in [0, 0.05) is 24.4 Å². The van der Waals surface area contributed by atoms with Crippen molar-refractivity contribution in [2.75, 3.05) is 0 Å². The molecule has 6 nitrogen and oxygen atoms in total. The van der Waals surface area contributed by atoms with Gasteiger partial charge < -0.3 is 9.15 Å². The molecule has 31 heavy (non-hydrogen) atoms. The fraction of sp³-hybridized carbons (Fsp3) is 0.240. The number of aryl methyl sites for hydroxylation is 1. The number of carbonyl (C=O) groups excluding carboxylic acids is 1. The van der Waals surface area contributed by atoms with E-state index in [1.165, 1.54) is 0 Å². The molecule has 0 saturated carbocycles. The monoisotopic (exact) mass is 415 g/mol. The number of rotatable bonds is 5. The number of aromatic nitrogens is 3. The molecule has 4 aromatic rings. The Morgan fingerprint density at radius 1 is 1.13 bits per heavy atom. The number of hydrogen-bond acceptors (Lipinski definition) is 5. The summed E-state index contributed by atoms with van der Waals surface area (Å²) in [5.41, 5.74) is 3.95. The van der Waals surface area contributed by atoms with Crippen LogP contribution in [0.15, 0.2) is 71.5 Å². The minimum absolute atomic E-state index is 0.334. The standard InChI is InChI=1S/C25H25N3O3/c1-17-6-7-19(24(29)31-25(2,3)4)14-20(17)15-23-26-16-22(30-23)18-8-10-21(11-9-18)28-13-5-12-27-28/h5-14,16H,15H2,1-4H3. The fourth-order valence-corrected chi connectivity index (χ4v) is 3.21. The van der Waals surface area contributed by atoms with Crippen LogP contribution in [-0.4, -0.2) is 26.3 Å². The number of ether oxygens (including phenoxy) is 1. The zero-order chi connectivity index (χ0) is 22.0. The molecule has 0 N–H and O–H groups in total. The van der Waals surface area contributed by atoms with Gasteiger partial charge in [0.15, 0.2) is 11.7 Å². The summed E-state index contributed by atoms with van der Waals surface area (Å²) in [6.07, 6.45) is 5.87. The SMILES string of the molecule is Cc1ccc(C(=O)OC(C)(C)C)cc1Cc1ncc(-c2ccc(-n3cccn3)cc2)o1. The first kappa shape index (κ1) is 20.6. The predicted molar refractivity (Wildman–Crippen MR) is 118 cm³/mol. The summed E-state index contributed by atoms with van der Waals surface area (Å²) < 4.78 is 13.3. The Balaban J connectivity index is 1.51. The number of benzene rings is 2. The molecule has 0 fully saturated rings. The van der Waals surface area contributed by atoms with Crippen LogP contribution in [0.1, 0.15) is 48.1 Å². The zero-order valence-corrected chi connectivity index (χ0v) is 18.1. The fourth-order valence-electron chi connectivity index (χ4n) is 3.21. The third-order valence-corrected chi connectivity index (χ3v) is 4.80. The van der Waals surface area contributed by atoms with Gasteiger partial charge in [0.1, 0.15) is 5.60 Å². The first-order chi connectivity index (χ1) is 14.8. The van der Waals surface area contributed by atoms with Crippen LogP contribution in [0.3, 0.4) is 0 Å². The molecule has 0 atom stereocenters. The lowest BCUT2D eigenvalue weighted by Gasteiger charge is -2.19. The minimum Gasteiger partial charge on any atom is -0.456 e. The summed E-state index contributed by atoms with van der Waals surface area (Å²) in [5, 5.41) is 4.23. The second-order valence-corrected chi connectivity index (χ2v) is 8.44. The molecule has 0 spiro atoms. The van der Waals surface area contributed by atoms with Crippen molar-refractivity contribution in [3.8, 4) is 17.0 Å². The highest BCUT2D eigenvalue weighted by molar-refractivity contribution is 5.90. The molecule has 2 heterocycles. The number of esters is 1. The van der Waals surface area contributed by atoms with Gasteiger partial charge in [-0.25, -0.2) is 14.5 Å². The number of oxazole rings is 1. The lowest BCUT2D eigenvalue weighted by atomic mass is 10.0. The van der Waals surface area contributed by atoms with Gasteiger partial charge in [-0.15, -0.1) is 0 Å². The van der Waals surface area contributed by atoms with E-state index in [4.69, 9.17) is 9.15 Å². The Morgan fingerprint density at radius 2 is 1.90 bits per heavy atom. The predicted octanol–water partition coefficient (Wildman–Crippen LogP) is 5.38. The van der Waals surface area contributed by atoms with Crippen molar-refractivity contribution < 1.29 is 13.9 Å². The first-order valence-electron chi connectivity index (χ1n) is 10.2. The molecule has 0 unspecified atom stereocenters. The molecule has 0 aliphatic rings. The van der Waals surface area contributed by atoms with Gasteiger partial charge in [-0.05, 0) is 81.3 Å². The van der Waals surface area contributed by atoms with Gasteiger partial charge in [0.05, 0.1) is 17.4 Å². The molecule has 4 rings (SSSR count). The molecule has 2 aromatic carbocycles. The highest BCUT2D eigenvalue weighted by Gasteiger charge is 2.19. The molecule has 2 aromatic heterocycles. The van der Waals surface area contributed by atoms with Crippen LogP contribution in [0.5, 0.6) is 0 Å². The Bertz CT molecular complexity index is 1180. The van der Waals surface area contributed by atoms with Crippen molar-refractivity contribution in [2.24, 2.45) is 0 Å². The zero-order valence-electron chi connectivity index (χ0n) is 18.1. The summed E-state index contributed by atoms with van der Waals surface area (Å²) in [4.78, 5) is 16.8. The molecule has 0 radical (unpaired) electrons. The van der Waals surface area contributed by atoms with E-state index >= 15 is 0 Å². The van der Waals surface area contributed by atoms with Gasteiger partial charge in [-0.2, -0.15) is 5.10 Å². The van der Waals surface area contributed by atoms with Crippen LogP contribution in [0.2, 0.25) is 0 Å². The smallest absolute Gasteiger partial charge is 0.338 e. The third kappa shape index (κ3) is 4.91. The van der Waals surface area contributed by atoms with Crippen LogP contribution < -0.4 is 0 Å². The van der Waals surface area contributed by atoms with E-state index < -0.39 is 5.60 Å². The summed E-state index contributed by atoms with van der Waals surface area (Å²) in [6.45, 7) is 7.58. The molecular weight excluding hydrogens is 390 g/mol. The number of hydrogen-bond donors (Lipinski definition) is 0. The summed E-state index contributed by atoms with van der Waals surface area (Å²) in [6, 6.07) is 15.4. The Labute approximate surface area is 181 Å². The highest BCUT2D eigenvalue weighted by atomic mass is 16.6. The molecule has 6 heteroatoms. The summed E-state index contributed by atoms with van der Waals surface area (Å²) >= 11 is 0. The maximum atomic E-state index is 12.4. The van der Waals surface area contributed by atoms with E-state index in [1.807, 2.05) is 76.4 Å². The minimum atomic E-state index is -0.535. The summed E-state index contributed by atoms with van der Waals surface area (Å²) in [5.74, 6) is 0.956. The Kier molecular flexibility index (Phi) is 5.46. The van der Waals surface area contributed by atoms with Crippen molar-refractivity contribution in [3.05, 3.63) is 89.7 Å². The maximum absolute atomic E-state index is 12.4. The van der Waals surface area contributed by atoms with Crippen molar-refractivity contribution >= 4 is 5.97 Å². The molecule has 0 saturated heterocycles. The van der Waals surface area contributed by atoms with E-state index in [-0.39, 0.29) is 5.97 Å². The van der Waals surface area contributed by atoms with Gasteiger partial charge in [-0.3, -0.25) is 0 Å². The molecular formula is C25H25N3O3. The van der Waals surface area contributed by atoms with E-state index in [0.717, 1.165) is 22.4 Å². The Morgan fingerprint density at radius 3 is 2.58 bits per heavy atom. The molecule has 0 aliphatic carbocycles. The van der Waals surface area contributed by atoms with Crippen molar-refractivity contribution in [1.82, 2.24) is 14.8 Å². The van der Waals surface area contributed by atoms with Gasteiger partial charge in [0.25, 0.3) is 0 Å². The second-order valence-electron chi connectivity index (χ2n) is 8.44. The third-order valence-electron chi connectivity index (χ3n) is 4.80. The quantitative estimate of drug-likeness (QED) is 0.409. The van der Waals surface area contributed by atoms with Crippen LogP contribution in [0, 0.1) is 6.92 Å². The van der Waals surface area contributed by atoms with E-state index in [2.05, 4.69) is 10.1 Å². The molecule has 158 valence electrons. The molecule has 0 bridgehead atoms. The van der Waals surface area contributed by atoms with Gasteiger partial charge >= 0.3 is 5.97 Å². The van der Waals surface area contributed by atoms with Crippen LogP contribution >= 0.6 is 0 Å². The summed E-state index contributed by atoms with van der Waals surface area (Å²) in [7, 11) is 0. The van der Waals surface area contributed by atoms with Crippen LogP contribution in [0.4, 0.5) is 0 Å². The maximum Gasteiger partial charge on any atom is 0.338 e. The molecule has 0 aliphatic heterocycles. The average Bonchev–Trinajstić information content (AvgIpc) is 3.41. The van der Waals surface area contributed by atoms with Gasteiger partial charge in [0.2, 0.25) is 0 Å². The van der Waals surface area contributed by atoms with E-state index in [0.29, 0.717) is 23.6 Å². The second kappa shape index (κ2) is 8.22. The highest BCUT2D eigenvalue weighted by Crippen LogP contribution is 2.24. The largest absolute Gasteiger partial charge is 0.456 e. The Hall–Kier alpha value is -3.67. The van der Waals surface area contributed by atoms with Crippen molar-refractivity contribution in [1.29, 1.82) is 0 Å². The van der Waals surface area contributed by atoms with E-state index in [1.54, 1.807) is 23.1 Å². The van der Waals surface area contributed by atoms with Gasteiger partial charge in [-0.1, -0.05) is 6.07 Å². The number of nitrogens with zero attached hydrogens (tertiary/aromatic N) is 3.